The summed E-state index contributed by atoms with van der Waals surface area (Å²) in [6.45, 7) is 2.95. The fourth-order valence-corrected chi connectivity index (χ4v) is 2.19. The zero-order valence-electron chi connectivity index (χ0n) is 11.8. The zero-order chi connectivity index (χ0) is 14.4. The molecule has 0 atom stereocenters. The monoisotopic (exact) mass is 273 g/mol. The molecule has 0 aliphatic heterocycles. The van der Waals surface area contributed by atoms with Crippen molar-refractivity contribution in [3.63, 3.8) is 0 Å². The summed E-state index contributed by atoms with van der Waals surface area (Å²) in [6, 6.07) is 12.1. The highest BCUT2D eigenvalue weighted by Gasteiger charge is 2.09. The van der Waals surface area contributed by atoms with E-state index in [0.29, 0.717) is 13.2 Å². The molecule has 2 rings (SSSR count). The van der Waals surface area contributed by atoms with Crippen LogP contribution in [-0.4, -0.2) is 26.2 Å². The molecule has 0 bridgehead atoms. The van der Waals surface area contributed by atoms with Crippen LogP contribution in [0.15, 0.2) is 36.4 Å². The van der Waals surface area contributed by atoms with Crippen LogP contribution in [0.4, 0.5) is 0 Å². The van der Waals surface area contributed by atoms with Crippen molar-refractivity contribution in [1.29, 1.82) is 0 Å². The van der Waals surface area contributed by atoms with Gasteiger partial charge in [0.2, 0.25) is 0 Å². The number of fused-ring (bicyclic) bond motifs is 1. The van der Waals surface area contributed by atoms with Gasteiger partial charge in [0.25, 0.3) is 0 Å². The first-order valence-corrected chi connectivity index (χ1v) is 6.67. The van der Waals surface area contributed by atoms with E-state index in [-0.39, 0.29) is 12.5 Å². The molecule has 1 N–H and O–H groups in total. The highest BCUT2D eigenvalue weighted by atomic mass is 16.5. The Bertz CT molecular complexity index is 595. The predicted octanol–water partition coefficient (Wildman–Crippen LogP) is 2.50. The van der Waals surface area contributed by atoms with Crippen LogP contribution in [-0.2, 0) is 16.1 Å². The van der Waals surface area contributed by atoms with Crippen molar-refractivity contribution in [2.75, 3.05) is 20.3 Å². The van der Waals surface area contributed by atoms with Gasteiger partial charge < -0.3 is 14.8 Å². The number of rotatable bonds is 6. The second-order valence-corrected chi connectivity index (χ2v) is 4.38. The van der Waals surface area contributed by atoms with Crippen LogP contribution in [0.3, 0.4) is 0 Å². The molecule has 4 nitrogen and oxygen atoms in total. The lowest BCUT2D eigenvalue weighted by Crippen LogP contribution is -2.24. The third kappa shape index (κ3) is 3.27. The number of benzene rings is 2. The van der Waals surface area contributed by atoms with E-state index in [2.05, 4.69) is 17.4 Å². The molecule has 0 radical (unpaired) electrons. The van der Waals surface area contributed by atoms with Crippen molar-refractivity contribution in [3.05, 3.63) is 42.0 Å². The van der Waals surface area contributed by atoms with E-state index < -0.39 is 0 Å². The topological polar surface area (TPSA) is 47.6 Å². The SMILES string of the molecule is CCOC(=O)CNCc1c(OC)ccc2ccccc12. The second kappa shape index (κ2) is 6.91. The number of hydrogen-bond donors (Lipinski definition) is 1. The summed E-state index contributed by atoms with van der Waals surface area (Å²) in [6.07, 6.45) is 0. The van der Waals surface area contributed by atoms with Crippen LogP contribution in [0, 0.1) is 0 Å². The van der Waals surface area contributed by atoms with E-state index in [1.807, 2.05) is 24.3 Å². The van der Waals surface area contributed by atoms with Gasteiger partial charge in [-0.15, -0.1) is 0 Å². The normalized spacial score (nSPS) is 10.5. The van der Waals surface area contributed by atoms with Crippen LogP contribution in [0.25, 0.3) is 10.8 Å². The Hall–Kier alpha value is -2.07. The Labute approximate surface area is 118 Å². The fourth-order valence-electron chi connectivity index (χ4n) is 2.19. The molecule has 106 valence electrons. The van der Waals surface area contributed by atoms with E-state index in [4.69, 9.17) is 9.47 Å². The van der Waals surface area contributed by atoms with Gasteiger partial charge in [0.1, 0.15) is 5.75 Å². The van der Waals surface area contributed by atoms with Crippen molar-refractivity contribution in [2.24, 2.45) is 0 Å². The average Bonchev–Trinajstić information content (AvgIpc) is 2.47. The third-order valence-electron chi connectivity index (χ3n) is 3.09. The lowest BCUT2D eigenvalue weighted by molar-refractivity contribution is -0.142. The van der Waals surface area contributed by atoms with Crippen molar-refractivity contribution in [1.82, 2.24) is 5.32 Å². The molecule has 20 heavy (non-hydrogen) atoms. The van der Waals surface area contributed by atoms with Crippen molar-refractivity contribution in [2.45, 2.75) is 13.5 Å². The van der Waals surface area contributed by atoms with Gasteiger partial charge >= 0.3 is 5.97 Å². The molecule has 2 aromatic rings. The summed E-state index contributed by atoms with van der Waals surface area (Å²) < 4.78 is 10.3. The standard InChI is InChI=1S/C16H19NO3/c1-3-20-16(18)11-17-10-14-13-7-5-4-6-12(13)8-9-15(14)19-2/h4-9,17H,3,10-11H2,1-2H3. The first kappa shape index (κ1) is 14.3. The molecule has 4 heteroatoms. The number of carbonyl (C=O) groups excluding carboxylic acids is 1. The summed E-state index contributed by atoms with van der Waals surface area (Å²) in [5, 5.41) is 5.38. The maximum atomic E-state index is 11.3. The highest BCUT2D eigenvalue weighted by molar-refractivity contribution is 5.87. The van der Waals surface area contributed by atoms with Gasteiger partial charge in [-0.1, -0.05) is 30.3 Å². The number of ether oxygens (including phenoxy) is 2. The highest BCUT2D eigenvalue weighted by Crippen LogP contribution is 2.27. The lowest BCUT2D eigenvalue weighted by Gasteiger charge is -2.12. The van der Waals surface area contributed by atoms with Crippen LogP contribution in [0.5, 0.6) is 5.75 Å². The number of nitrogens with one attached hydrogen (secondary N) is 1. The van der Waals surface area contributed by atoms with E-state index >= 15 is 0 Å². The van der Waals surface area contributed by atoms with Crippen LogP contribution in [0.1, 0.15) is 12.5 Å². The maximum Gasteiger partial charge on any atom is 0.319 e. The molecular formula is C16H19NO3. The van der Waals surface area contributed by atoms with Gasteiger partial charge in [0.15, 0.2) is 0 Å². The smallest absolute Gasteiger partial charge is 0.319 e. The van der Waals surface area contributed by atoms with Gasteiger partial charge in [-0.05, 0) is 23.8 Å². The molecule has 0 saturated heterocycles. The molecule has 0 aliphatic carbocycles. The summed E-state index contributed by atoms with van der Waals surface area (Å²) in [7, 11) is 1.65. The molecular weight excluding hydrogens is 254 g/mol. The number of hydrogen-bond acceptors (Lipinski definition) is 4. The molecule has 0 saturated carbocycles. The molecule has 0 heterocycles. The Kier molecular flexibility index (Phi) is 4.96. The van der Waals surface area contributed by atoms with Crippen LogP contribution < -0.4 is 10.1 Å². The lowest BCUT2D eigenvalue weighted by atomic mass is 10.0. The molecule has 0 aliphatic rings. The minimum Gasteiger partial charge on any atom is -0.496 e. The van der Waals surface area contributed by atoms with Gasteiger partial charge in [0.05, 0.1) is 20.3 Å². The maximum absolute atomic E-state index is 11.3. The average molecular weight is 273 g/mol. The summed E-state index contributed by atoms with van der Waals surface area (Å²) in [4.78, 5) is 11.3. The molecule has 0 amide bonds. The first-order valence-electron chi connectivity index (χ1n) is 6.67. The molecule has 2 aromatic carbocycles. The third-order valence-corrected chi connectivity index (χ3v) is 3.09. The Morgan fingerprint density at radius 1 is 1.20 bits per heavy atom. The molecule has 0 fully saturated rings. The van der Waals surface area contributed by atoms with Crippen molar-refractivity contribution in [3.8, 4) is 5.75 Å². The first-order chi connectivity index (χ1) is 9.76. The van der Waals surface area contributed by atoms with Gasteiger partial charge in [0, 0.05) is 12.1 Å². The van der Waals surface area contributed by atoms with Crippen molar-refractivity contribution >= 4 is 16.7 Å². The quantitative estimate of drug-likeness (QED) is 0.821. The molecule has 0 unspecified atom stereocenters. The summed E-state index contributed by atoms with van der Waals surface area (Å²) in [5.41, 5.74) is 1.05. The van der Waals surface area contributed by atoms with Gasteiger partial charge in [-0.3, -0.25) is 4.79 Å². The minimum atomic E-state index is -0.244. The van der Waals surface area contributed by atoms with Crippen LogP contribution in [0.2, 0.25) is 0 Å². The molecule has 0 spiro atoms. The number of methoxy groups -OCH3 is 1. The fraction of sp³-hybridized carbons (Fsp3) is 0.312. The second-order valence-electron chi connectivity index (χ2n) is 4.38. The Morgan fingerprint density at radius 3 is 2.75 bits per heavy atom. The summed E-state index contributed by atoms with van der Waals surface area (Å²) >= 11 is 0. The Balaban J connectivity index is 2.17. The minimum absolute atomic E-state index is 0.195. The van der Waals surface area contributed by atoms with E-state index in [1.54, 1.807) is 14.0 Å². The van der Waals surface area contributed by atoms with Crippen molar-refractivity contribution < 1.29 is 14.3 Å². The van der Waals surface area contributed by atoms with Crippen LogP contribution >= 0.6 is 0 Å². The van der Waals surface area contributed by atoms with E-state index in [1.165, 1.54) is 0 Å². The van der Waals surface area contributed by atoms with Gasteiger partial charge in [-0.2, -0.15) is 0 Å². The van der Waals surface area contributed by atoms with E-state index in [9.17, 15) is 4.79 Å². The number of esters is 1. The summed E-state index contributed by atoms with van der Waals surface area (Å²) in [5.74, 6) is 0.576. The zero-order valence-corrected chi connectivity index (χ0v) is 11.8. The van der Waals surface area contributed by atoms with E-state index in [0.717, 1.165) is 22.1 Å². The Morgan fingerprint density at radius 2 is 2.00 bits per heavy atom. The van der Waals surface area contributed by atoms with Gasteiger partial charge in [-0.25, -0.2) is 0 Å². The molecule has 0 aromatic heterocycles. The largest absolute Gasteiger partial charge is 0.496 e. The predicted molar refractivity (Wildman–Crippen MR) is 78.8 cm³/mol. The number of carbonyl (C=O) groups is 1.